The summed E-state index contributed by atoms with van der Waals surface area (Å²) in [7, 11) is 1.55. The van der Waals surface area contributed by atoms with Crippen LogP contribution < -0.4 is 14.8 Å². The van der Waals surface area contributed by atoms with Gasteiger partial charge in [0.1, 0.15) is 6.54 Å². The number of para-hydroxylation sites is 1. The molecule has 4 rings (SSSR count). The molecule has 0 spiro atoms. The molecular weight excluding hydrogens is 466 g/mol. The Morgan fingerprint density at radius 2 is 1.91 bits per heavy atom. The molecule has 0 saturated carbocycles. The van der Waals surface area contributed by atoms with Gasteiger partial charge in [0.25, 0.3) is 11.1 Å². The first-order chi connectivity index (χ1) is 16.9. The molecule has 1 aliphatic rings. The second-order valence-corrected chi connectivity index (χ2v) is 8.95. The van der Waals surface area contributed by atoms with Crippen LogP contribution in [-0.2, 0) is 16.1 Å². The molecule has 1 saturated heterocycles. The van der Waals surface area contributed by atoms with E-state index in [0.29, 0.717) is 23.0 Å². The molecule has 0 aliphatic carbocycles. The lowest BCUT2D eigenvalue weighted by molar-refractivity contribution is -0.124. The third kappa shape index (κ3) is 5.35. The molecule has 9 heteroatoms. The molecule has 0 bridgehead atoms. The highest BCUT2D eigenvalue weighted by Crippen LogP contribution is 2.34. The number of imide groups is 1. The van der Waals surface area contributed by atoms with Gasteiger partial charge in [0.2, 0.25) is 5.91 Å². The summed E-state index contributed by atoms with van der Waals surface area (Å²) in [4.78, 5) is 39.2. The van der Waals surface area contributed by atoms with Gasteiger partial charge in [-0.3, -0.25) is 19.3 Å². The molecule has 1 aromatic heterocycles. The first kappa shape index (κ1) is 24.4. The van der Waals surface area contributed by atoms with Crippen LogP contribution in [-0.4, -0.2) is 53.3 Å². The van der Waals surface area contributed by atoms with Crippen LogP contribution in [0.4, 0.5) is 4.79 Å². The smallest absolute Gasteiger partial charge is 0.293 e. The van der Waals surface area contributed by atoms with Gasteiger partial charge in [0.15, 0.2) is 11.5 Å². The van der Waals surface area contributed by atoms with Crippen molar-refractivity contribution in [1.82, 2.24) is 14.8 Å². The Morgan fingerprint density at radius 3 is 2.69 bits per heavy atom. The Labute approximate surface area is 207 Å². The van der Waals surface area contributed by atoms with Gasteiger partial charge < -0.3 is 19.4 Å². The molecular formula is C26H27N3O5S. The van der Waals surface area contributed by atoms with E-state index in [1.54, 1.807) is 31.4 Å². The summed E-state index contributed by atoms with van der Waals surface area (Å²) in [6, 6.07) is 15.2. The average molecular weight is 494 g/mol. The Balaban J connectivity index is 1.36. The fourth-order valence-electron chi connectivity index (χ4n) is 3.96. The van der Waals surface area contributed by atoms with E-state index in [0.717, 1.165) is 38.8 Å². The maximum Gasteiger partial charge on any atom is 0.293 e. The third-order valence-electron chi connectivity index (χ3n) is 5.64. The van der Waals surface area contributed by atoms with E-state index in [-0.39, 0.29) is 36.7 Å². The van der Waals surface area contributed by atoms with Gasteiger partial charge in [-0.2, -0.15) is 0 Å². The number of thioether (sulfide) groups is 1. The summed E-state index contributed by atoms with van der Waals surface area (Å²) in [6.45, 7) is 4.80. The number of carbonyl (C=O) groups excluding carboxylic acids is 3. The van der Waals surface area contributed by atoms with E-state index in [1.165, 1.54) is 0 Å². The van der Waals surface area contributed by atoms with Crippen molar-refractivity contribution in [2.45, 2.75) is 20.4 Å². The van der Waals surface area contributed by atoms with E-state index in [2.05, 4.69) is 5.32 Å². The Kier molecular flexibility index (Phi) is 7.45. The summed E-state index contributed by atoms with van der Waals surface area (Å²) >= 11 is 0.880. The van der Waals surface area contributed by atoms with E-state index in [4.69, 9.17) is 9.47 Å². The number of aromatic nitrogens is 1. The number of carbonyl (C=O) groups is 3. The fraction of sp³-hybridized carbons (Fsp3) is 0.269. The van der Waals surface area contributed by atoms with Crippen LogP contribution >= 0.6 is 11.8 Å². The lowest BCUT2D eigenvalue weighted by atomic mass is 10.2. The summed E-state index contributed by atoms with van der Waals surface area (Å²) in [5, 5.41) is 3.53. The first-order valence-corrected chi connectivity index (χ1v) is 12.1. The number of nitrogens with zero attached hydrogens (tertiary/aromatic N) is 2. The van der Waals surface area contributed by atoms with Gasteiger partial charge in [-0.15, -0.1) is 0 Å². The summed E-state index contributed by atoms with van der Waals surface area (Å²) in [6.07, 6.45) is 1.65. The minimum absolute atomic E-state index is 0.103. The number of methoxy groups -OCH3 is 1. The molecule has 8 nitrogen and oxygen atoms in total. The van der Waals surface area contributed by atoms with Gasteiger partial charge in [0, 0.05) is 24.3 Å². The van der Waals surface area contributed by atoms with Crippen LogP contribution in [0.5, 0.6) is 11.5 Å². The largest absolute Gasteiger partial charge is 0.493 e. The van der Waals surface area contributed by atoms with Crippen LogP contribution in [0.1, 0.15) is 18.2 Å². The van der Waals surface area contributed by atoms with Crippen molar-refractivity contribution in [1.29, 1.82) is 0 Å². The molecule has 35 heavy (non-hydrogen) atoms. The number of aryl methyl sites for hydroxylation is 1. The van der Waals surface area contributed by atoms with Gasteiger partial charge in [0.05, 0.1) is 18.6 Å². The molecule has 182 valence electrons. The van der Waals surface area contributed by atoms with Crippen molar-refractivity contribution in [3.05, 3.63) is 64.7 Å². The number of rotatable bonds is 9. The lowest BCUT2D eigenvalue weighted by Gasteiger charge is -2.14. The molecule has 3 amide bonds. The second-order valence-electron chi connectivity index (χ2n) is 7.96. The van der Waals surface area contributed by atoms with E-state index in [9.17, 15) is 14.4 Å². The number of hydrogen-bond donors (Lipinski definition) is 1. The van der Waals surface area contributed by atoms with Crippen LogP contribution in [0, 0.1) is 6.92 Å². The van der Waals surface area contributed by atoms with Crippen molar-refractivity contribution >= 4 is 45.8 Å². The van der Waals surface area contributed by atoms with E-state index >= 15 is 0 Å². The second kappa shape index (κ2) is 10.7. The van der Waals surface area contributed by atoms with Gasteiger partial charge >= 0.3 is 0 Å². The molecule has 2 heterocycles. The van der Waals surface area contributed by atoms with Gasteiger partial charge in [-0.05, 0) is 66.9 Å². The number of nitrogens with one attached hydrogen (secondary N) is 1. The first-order valence-electron chi connectivity index (χ1n) is 11.3. The van der Waals surface area contributed by atoms with E-state index < -0.39 is 0 Å². The van der Waals surface area contributed by atoms with Crippen LogP contribution in [0.2, 0.25) is 0 Å². The standard InChI is InChI=1S/C26H27N3O5S/c1-4-34-21-10-9-18(14-22(21)33-3)15-23-25(31)28(26(32)35-23)12-11-27-24(30)16-29-17(2)13-19-7-5-6-8-20(19)29/h5-10,13-15H,4,11-12,16H2,1-3H3,(H,27,30)/b23-15-. The minimum Gasteiger partial charge on any atom is -0.493 e. The van der Waals surface area contributed by atoms with Crippen LogP contribution in [0.15, 0.2) is 53.4 Å². The Bertz CT molecular complexity index is 1310. The van der Waals surface area contributed by atoms with Crippen LogP contribution in [0.25, 0.3) is 17.0 Å². The predicted molar refractivity (Wildman–Crippen MR) is 137 cm³/mol. The average Bonchev–Trinajstić information content (AvgIpc) is 3.30. The molecule has 1 aliphatic heterocycles. The number of fused-ring (bicyclic) bond motifs is 1. The molecule has 2 aromatic carbocycles. The lowest BCUT2D eigenvalue weighted by Crippen LogP contribution is -2.38. The van der Waals surface area contributed by atoms with E-state index in [1.807, 2.05) is 48.7 Å². The van der Waals surface area contributed by atoms with Gasteiger partial charge in [-0.1, -0.05) is 24.3 Å². The third-order valence-corrected chi connectivity index (χ3v) is 6.54. The molecule has 0 radical (unpaired) electrons. The summed E-state index contributed by atoms with van der Waals surface area (Å²) in [5.74, 6) is 0.597. The van der Waals surface area contributed by atoms with Crippen molar-refractivity contribution in [3.8, 4) is 11.5 Å². The van der Waals surface area contributed by atoms with Crippen LogP contribution in [0.3, 0.4) is 0 Å². The fourth-order valence-corrected chi connectivity index (χ4v) is 4.82. The molecule has 1 N–H and O–H groups in total. The SMILES string of the molecule is CCOc1ccc(/C=C2\SC(=O)N(CCNC(=O)Cn3c(C)cc4ccccc43)C2=O)cc1OC. The molecule has 0 unspecified atom stereocenters. The zero-order chi connectivity index (χ0) is 24.9. The molecule has 0 atom stereocenters. The molecule has 3 aromatic rings. The van der Waals surface area contributed by atoms with Crippen molar-refractivity contribution < 1.29 is 23.9 Å². The normalized spacial score (nSPS) is 14.7. The topological polar surface area (TPSA) is 89.9 Å². The quantitative estimate of drug-likeness (QED) is 0.449. The number of hydrogen-bond acceptors (Lipinski definition) is 6. The summed E-state index contributed by atoms with van der Waals surface area (Å²) in [5.41, 5.74) is 2.70. The Hall–Kier alpha value is -3.72. The predicted octanol–water partition coefficient (Wildman–Crippen LogP) is 4.21. The zero-order valence-corrected chi connectivity index (χ0v) is 20.7. The summed E-state index contributed by atoms with van der Waals surface area (Å²) < 4.78 is 12.8. The maximum atomic E-state index is 12.8. The zero-order valence-electron chi connectivity index (χ0n) is 19.9. The highest BCUT2D eigenvalue weighted by molar-refractivity contribution is 8.18. The number of ether oxygens (including phenoxy) is 2. The monoisotopic (exact) mass is 493 g/mol. The van der Waals surface area contributed by atoms with Gasteiger partial charge in [-0.25, -0.2) is 0 Å². The molecule has 1 fully saturated rings. The Morgan fingerprint density at radius 1 is 1.11 bits per heavy atom. The highest BCUT2D eigenvalue weighted by atomic mass is 32.2. The number of amides is 3. The minimum atomic E-state index is -0.380. The number of benzene rings is 2. The van der Waals surface area contributed by atoms with Crippen molar-refractivity contribution in [2.75, 3.05) is 26.8 Å². The highest BCUT2D eigenvalue weighted by Gasteiger charge is 2.34. The van der Waals surface area contributed by atoms with Crippen molar-refractivity contribution in [3.63, 3.8) is 0 Å². The maximum absolute atomic E-state index is 12.8. The van der Waals surface area contributed by atoms with Crippen molar-refractivity contribution in [2.24, 2.45) is 0 Å².